The molecule has 2 aromatic rings. The van der Waals surface area contributed by atoms with Gasteiger partial charge in [-0.25, -0.2) is 4.98 Å². The number of aryl methyl sites for hydroxylation is 1. The monoisotopic (exact) mass is 488 g/mol. The van der Waals surface area contributed by atoms with Gasteiger partial charge in [-0.15, -0.1) is 35.3 Å². The third-order valence-electron chi connectivity index (χ3n) is 3.70. The van der Waals surface area contributed by atoms with Crippen molar-refractivity contribution in [2.24, 2.45) is 4.99 Å². The Balaban J connectivity index is 0.00000338. The zero-order chi connectivity index (χ0) is 17.7. The number of nitrogens with zero attached hydrogens (tertiary/aromatic N) is 2. The highest BCUT2D eigenvalue weighted by Crippen LogP contribution is 2.07. The van der Waals surface area contributed by atoms with Crippen molar-refractivity contribution in [1.29, 1.82) is 0 Å². The minimum absolute atomic E-state index is 0. The highest BCUT2D eigenvalue weighted by molar-refractivity contribution is 14.0. The van der Waals surface area contributed by atoms with E-state index in [0.29, 0.717) is 0 Å². The number of aliphatic imine (C=N–C) groups is 1. The molecule has 0 aliphatic heterocycles. The van der Waals surface area contributed by atoms with Crippen LogP contribution in [-0.2, 0) is 17.6 Å². The molecule has 1 aromatic heterocycles. The van der Waals surface area contributed by atoms with E-state index in [1.807, 2.05) is 13.0 Å². The van der Waals surface area contributed by atoms with Crippen molar-refractivity contribution in [2.45, 2.75) is 26.2 Å². The second-order valence-corrected chi connectivity index (χ2v) is 6.80. The summed E-state index contributed by atoms with van der Waals surface area (Å²) in [4.78, 5) is 8.69. The van der Waals surface area contributed by atoms with Crippen molar-refractivity contribution in [1.82, 2.24) is 15.6 Å². The summed E-state index contributed by atoms with van der Waals surface area (Å²) in [5.74, 6) is 0.830. The molecular weight excluding hydrogens is 459 g/mol. The molecule has 2 N–H and O–H groups in total. The van der Waals surface area contributed by atoms with E-state index >= 15 is 0 Å². The Morgan fingerprint density at radius 3 is 2.58 bits per heavy atom. The average Bonchev–Trinajstić information content (AvgIpc) is 3.05. The minimum Gasteiger partial charge on any atom is -0.381 e. The van der Waals surface area contributed by atoms with Gasteiger partial charge >= 0.3 is 0 Å². The molecule has 7 heteroatoms. The third kappa shape index (κ3) is 9.49. The number of guanidine groups is 1. The van der Waals surface area contributed by atoms with Crippen LogP contribution in [0.1, 0.15) is 22.7 Å². The summed E-state index contributed by atoms with van der Waals surface area (Å²) in [6.07, 6.45) is 2.84. The van der Waals surface area contributed by atoms with Gasteiger partial charge < -0.3 is 15.4 Å². The maximum absolute atomic E-state index is 5.69. The Bertz CT molecular complexity index is 633. The second-order valence-electron chi connectivity index (χ2n) is 5.74. The first kappa shape index (κ1) is 22.9. The van der Waals surface area contributed by atoms with Gasteiger partial charge in [0.25, 0.3) is 0 Å². The Morgan fingerprint density at radius 1 is 1.12 bits per heavy atom. The van der Waals surface area contributed by atoms with Crippen LogP contribution in [0.2, 0.25) is 0 Å². The van der Waals surface area contributed by atoms with Crippen molar-refractivity contribution < 1.29 is 4.74 Å². The van der Waals surface area contributed by atoms with Crippen LogP contribution in [0, 0.1) is 6.92 Å². The number of halogens is 1. The lowest BCUT2D eigenvalue weighted by Gasteiger charge is -2.11. The van der Waals surface area contributed by atoms with Crippen molar-refractivity contribution in [3.8, 4) is 0 Å². The Kier molecular flexibility index (Phi) is 12.3. The van der Waals surface area contributed by atoms with Crippen LogP contribution in [0.15, 0.2) is 40.7 Å². The van der Waals surface area contributed by atoms with Crippen molar-refractivity contribution >= 4 is 41.3 Å². The van der Waals surface area contributed by atoms with Gasteiger partial charge in [-0.3, -0.25) is 4.99 Å². The molecule has 0 radical (unpaired) electrons. The van der Waals surface area contributed by atoms with Crippen LogP contribution >= 0.6 is 35.3 Å². The average molecular weight is 488 g/mol. The summed E-state index contributed by atoms with van der Waals surface area (Å²) in [6.45, 7) is 5.24. The standard InChI is InChI=1S/C19H28N4OS.HI/c1-16-23-18(15-25-16)9-12-22-19(20-2)21-11-6-13-24-14-10-17-7-4-3-5-8-17;/h3-5,7-8,15H,6,9-14H2,1-2H3,(H2,20,21,22);1H. The van der Waals surface area contributed by atoms with Gasteiger partial charge in [0.1, 0.15) is 0 Å². The molecule has 0 saturated heterocycles. The molecule has 144 valence electrons. The zero-order valence-electron chi connectivity index (χ0n) is 15.5. The summed E-state index contributed by atoms with van der Waals surface area (Å²) < 4.78 is 5.69. The number of hydrogen-bond donors (Lipinski definition) is 2. The number of benzene rings is 1. The Labute approximate surface area is 177 Å². The highest BCUT2D eigenvalue weighted by Gasteiger charge is 2.00. The number of nitrogens with one attached hydrogen (secondary N) is 2. The lowest BCUT2D eigenvalue weighted by atomic mass is 10.2. The molecule has 0 spiro atoms. The minimum atomic E-state index is 0. The zero-order valence-corrected chi connectivity index (χ0v) is 18.7. The van der Waals surface area contributed by atoms with Gasteiger partial charge in [0.15, 0.2) is 5.96 Å². The van der Waals surface area contributed by atoms with E-state index in [2.05, 4.69) is 50.3 Å². The van der Waals surface area contributed by atoms with Crippen LogP contribution in [0.25, 0.3) is 0 Å². The van der Waals surface area contributed by atoms with E-state index in [0.717, 1.165) is 62.2 Å². The quantitative estimate of drug-likeness (QED) is 0.233. The predicted octanol–water partition coefficient (Wildman–Crippen LogP) is 3.43. The molecular formula is C19H29IN4OS. The maximum Gasteiger partial charge on any atom is 0.190 e. The van der Waals surface area contributed by atoms with E-state index in [9.17, 15) is 0 Å². The summed E-state index contributed by atoms with van der Waals surface area (Å²) in [5, 5.41) is 9.85. The molecule has 0 unspecified atom stereocenters. The molecule has 0 atom stereocenters. The van der Waals surface area contributed by atoms with Gasteiger partial charge in [-0.05, 0) is 25.3 Å². The van der Waals surface area contributed by atoms with E-state index in [-0.39, 0.29) is 24.0 Å². The molecule has 0 saturated carbocycles. The number of hydrogen-bond acceptors (Lipinski definition) is 4. The Morgan fingerprint density at radius 2 is 1.88 bits per heavy atom. The fourth-order valence-corrected chi connectivity index (χ4v) is 3.02. The molecule has 0 aliphatic rings. The SMILES string of the molecule is CN=C(NCCCOCCc1ccccc1)NCCc1csc(C)n1.I. The summed E-state index contributed by atoms with van der Waals surface area (Å²) in [6, 6.07) is 10.4. The fraction of sp³-hybridized carbons (Fsp3) is 0.474. The van der Waals surface area contributed by atoms with Crippen molar-refractivity contribution in [3.05, 3.63) is 52.0 Å². The first-order valence-electron chi connectivity index (χ1n) is 8.75. The third-order valence-corrected chi connectivity index (χ3v) is 4.52. The van der Waals surface area contributed by atoms with Gasteiger partial charge in [0, 0.05) is 38.5 Å². The Hall–Kier alpha value is -1.19. The number of aromatic nitrogens is 1. The van der Waals surface area contributed by atoms with E-state index in [1.165, 1.54) is 5.56 Å². The van der Waals surface area contributed by atoms with Crippen LogP contribution in [0.3, 0.4) is 0 Å². The normalized spacial score (nSPS) is 11.1. The summed E-state index contributed by atoms with van der Waals surface area (Å²) in [5.41, 5.74) is 2.46. The molecule has 0 fully saturated rings. The molecule has 26 heavy (non-hydrogen) atoms. The van der Waals surface area contributed by atoms with Crippen molar-refractivity contribution in [2.75, 3.05) is 33.4 Å². The molecule has 1 heterocycles. The number of rotatable bonds is 10. The smallest absolute Gasteiger partial charge is 0.190 e. The summed E-state index contributed by atoms with van der Waals surface area (Å²) in [7, 11) is 1.79. The lowest BCUT2D eigenvalue weighted by Crippen LogP contribution is -2.39. The van der Waals surface area contributed by atoms with Crippen molar-refractivity contribution in [3.63, 3.8) is 0 Å². The van der Waals surface area contributed by atoms with E-state index in [4.69, 9.17) is 4.74 Å². The van der Waals surface area contributed by atoms with E-state index < -0.39 is 0 Å². The van der Waals surface area contributed by atoms with Crippen LogP contribution in [0.5, 0.6) is 0 Å². The van der Waals surface area contributed by atoms with Gasteiger partial charge in [0.05, 0.1) is 17.3 Å². The molecule has 0 amide bonds. The van der Waals surface area contributed by atoms with Crippen LogP contribution in [0.4, 0.5) is 0 Å². The van der Waals surface area contributed by atoms with Gasteiger partial charge in [-0.2, -0.15) is 0 Å². The molecule has 1 aromatic carbocycles. The first-order valence-corrected chi connectivity index (χ1v) is 9.63. The van der Waals surface area contributed by atoms with Gasteiger partial charge in [0.2, 0.25) is 0 Å². The molecule has 0 aliphatic carbocycles. The molecule has 5 nitrogen and oxygen atoms in total. The second kappa shape index (κ2) is 13.9. The highest BCUT2D eigenvalue weighted by atomic mass is 127. The predicted molar refractivity (Wildman–Crippen MR) is 121 cm³/mol. The van der Waals surface area contributed by atoms with Gasteiger partial charge in [-0.1, -0.05) is 30.3 Å². The first-order chi connectivity index (χ1) is 12.3. The number of thiazole rings is 1. The topological polar surface area (TPSA) is 58.5 Å². The van der Waals surface area contributed by atoms with E-state index in [1.54, 1.807) is 18.4 Å². The van der Waals surface area contributed by atoms with Crippen LogP contribution < -0.4 is 10.6 Å². The largest absolute Gasteiger partial charge is 0.381 e. The summed E-state index contributed by atoms with van der Waals surface area (Å²) >= 11 is 1.69. The molecule has 0 bridgehead atoms. The fourth-order valence-electron chi connectivity index (χ4n) is 2.37. The molecule has 2 rings (SSSR count). The number of ether oxygens (including phenoxy) is 1. The maximum atomic E-state index is 5.69. The lowest BCUT2D eigenvalue weighted by molar-refractivity contribution is 0.135. The van der Waals surface area contributed by atoms with Crippen LogP contribution in [-0.4, -0.2) is 44.3 Å².